The first-order valence-electron chi connectivity index (χ1n) is 7.04. The van der Waals surface area contributed by atoms with Crippen LogP contribution in [0.2, 0.25) is 0 Å². The molecule has 0 aromatic heterocycles. The van der Waals surface area contributed by atoms with Crippen LogP contribution >= 0.6 is 0 Å². The van der Waals surface area contributed by atoms with Gasteiger partial charge in [-0.25, -0.2) is 0 Å². The van der Waals surface area contributed by atoms with Gasteiger partial charge in [-0.1, -0.05) is 19.1 Å². The van der Waals surface area contributed by atoms with E-state index in [-0.39, 0.29) is 5.91 Å². The quantitative estimate of drug-likeness (QED) is 0.592. The summed E-state index contributed by atoms with van der Waals surface area (Å²) in [4.78, 5) is 13.9. The fourth-order valence-electron chi connectivity index (χ4n) is 1.73. The number of nitrogen functional groups attached to an aromatic ring is 1. The van der Waals surface area contributed by atoms with Gasteiger partial charge in [0.05, 0.1) is 0 Å². The number of nitrogens with two attached hydrogens (primary N) is 1. The molecule has 0 saturated carbocycles. The van der Waals surface area contributed by atoms with Crippen molar-refractivity contribution in [3.8, 4) is 0 Å². The molecule has 0 spiro atoms. The summed E-state index contributed by atoms with van der Waals surface area (Å²) in [6.07, 6.45) is 4.45. The van der Waals surface area contributed by atoms with Crippen LogP contribution < -0.4 is 11.1 Å². The molecule has 110 valence electrons. The minimum absolute atomic E-state index is 0.0700. The molecule has 1 amide bonds. The van der Waals surface area contributed by atoms with Crippen LogP contribution in [0.3, 0.4) is 0 Å². The molecule has 20 heavy (non-hydrogen) atoms. The van der Waals surface area contributed by atoms with Crippen molar-refractivity contribution in [1.29, 1.82) is 0 Å². The normalized spacial score (nSPS) is 12.8. The lowest BCUT2D eigenvalue weighted by atomic mass is 10.2. The Morgan fingerprint density at radius 1 is 1.40 bits per heavy atom. The van der Waals surface area contributed by atoms with Gasteiger partial charge >= 0.3 is 0 Å². The Morgan fingerprint density at radius 2 is 2.05 bits per heavy atom. The summed E-state index contributed by atoms with van der Waals surface area (Å²) in [5.74, 6) is -0.0700. The number of carbonyl (C=O) groups is 1. The van der Waals surface area contributed by atoms with Crippen LogP contribution in [0.1, 0.15) is 25.8 Å². The number of carbonyl (C=O) groups excluding carboxylic acids is 1. The smallest absolute Gasteiger partial charge is 0.244 e. The van der Waals surface area contributed by atoms with Crippen molar-refractivity contribution < 1.29 is 4.79 Å². The molecular formula is C16H25N3O. The molecule has 4 nitrogen and oxygen atoms in total. The summed E-state index contributed by atoms with van der Waals surface area (Å²) in [6.45, 7) is 5.86. The zero-order valence-corrected chi connectivity index (χ0v) is 12.6. The van der Waals surface area contributed by atoms with Gasteiger partial charge in [-0.3, -0.25) is 4.79 Å². The summed E-state index contributed by atoms with van der Waals surface area (Å²) in [6, 6.07) is 7.94. The molecule has 1 aromatic rings. The van der Waals surface area contributed by atoms with Crippen LogP contribution in [-0.4, -0.2) is 37.0 Å². The monoisotopic (exact) mass is 275 g/mol. The number of nitrogens with zero attached hydrogens (tertiary/aromatic N) is 1. The Bertz CT molecular complexity index is 440. The van der Waals surface area contributed by atoms with Crippen molar-refractivity contribution >= 4 is 17.7 Å². The van der Waals surface area contributed by atoms with E-state index in [1.807, 2.05) is 24.3 Å². The van der Waals surface area contributed by atoms with E-state index in [4.69, 9.17) is 5.73 Å². The van der Waals surface area contributed by atoms with Gasteiger partial charge < -0.3 is 16.0 Å². The van der Waals surface area contributed by atoms with E-state index < -0.39 is 0 Å². The highest BCUT2D eigenvalue weighted by molar-refractivity contribution is 5.91. The molecule has 0 fully saturated rings. The molecule has 0 bridgehead atoms. The van der Waals surface area contributed by atoms with Crippen molar-refractivity contribution in [2.45, 2.75) is 26.3 Å². The SMILES string of the molecule is CCC(C)N(C)CCNC(=O)/C=C/c1ccc(N)cc1. The third-order valence-electron chi connectivity index (χ3n) is 3.47. The van der Waals surface area contributed by atoms with Crippen LogP contribution in [-0.2, 0) is 4.79 Å². The van der Waals surface area contributed by atoms with Gasteiger partial charge in [0.1, 0.15) is 0 Å². The molecule has 0 aliphatic heterocycles. The molecule has 1 atom stereocenters. The number of nitrogens with one attached hydrogen (secondary N) is 1. The highest BCUT2D eigenvalue weighted by Gasteiger charge is 2.05. The van der Waals surface area contributed by atoms with Crippen LogP contribution in [0.5, 0.6) is 0 Å². The van der Waals surface area contributed by atoms with Gasteiger partial charge in [0.15, 0.2) is 0 Å². The van der Waals surface area contributed by atoms with Crippen LogP contribution in [0, 0.1) is 0 Å². The number of hydrogen-bond acceptors (Lipinski definition) is 3. The lowest BCUT2D eigenvalue weighted by Crippen LogP contribution is -2.36. The first-order chi connectivity index (χ1) is 9.52. The Morgan fingerprint density at radius 3 is 2.65 bits per heavy atom. The van der Waals surface area contributed by atoms with Crippen LogP contribution in [0.15, 0.2) is 30.3 Å². The fraction of sp³-hybridized carbons (Fsp3) is 0.438. The lowest BCUT2D eigenvalue weighted by molar-refractivity contribution is -0.116. The standard InChI is InChI=1S/C16H25N3O/c1-4-13(2)19(3)12-11-18-16(20)10-7-14-5-8-15(17)9-6-14/h5-10,13H,4,11-12,17H2,1-3H3,(H,18,20)/b10-7+. The topological polar surface area (TPSA) is 58.4 Å². The summed E-state index contributed by atoms with van der Waals surface area (Å²) < 4.78 is 0. The molecule has 0 aliphatic carbocycles. The summed E-state index contributed by atoms with van der Waals surface area (Å²) in [7, 11) is 2.07. The molecule has 1 unspecified atom stereocenters. The van der Waals surface area contributed by atoms with E-state index in [0.29, 0.717) is 12.6 Å². The first-order valence-corrected chi connectivity index (χ1v) is 7.04. The maximum Gasteiger partial charge on any atom is 0.244 e. The minimum atomic E-state index is -0.0700. The Labute approximate surface area is 121 Å². The zero-order valence-electron chi connectivity index (χ0n) is 12.6. The molecule has 1 rings (SSSR count). The molecule has 0 heterocycles. The molecule has 0 aliphatic rings. The minimum Gasteiger partial charge on any atom is -0.399 e. The predicted molar refractivity (Wildman–Crippen MR) is 85.3 cm³/mol. The van der Waals surface area contributed by atoms with Crippen molar-refractivity contribution in [1.82, 2.24) is 10.2 Å². The number of rotatable bonds is 7. The van der Waals surface area contributed by atoms with Gasteiger partial charge in [-0.15, -0.1) is 0 Å². The second-order valence-electron chi connectivity index (χ2n) is 5.03. The average Bonchev–Trinajstić information content (AvgIpc) is 2.45. The van der Waals surface area contributed by atoms with E-state index in [1.165, 1.54) is 0 Å². The van der Waals surface area contributed by atoms with Gasteiger partial charge in [-0.2, -0.15) is 0 Å². The van der Waals surface area contributed by atoms with Gasteiger partial charge in [0.25, 0.3) is 0 Å². The third kappa shape index (κ3) is 5.89. The lowest BCUT2D eigenvalue weighted by Gasteiger charge is -2.23. The van der Waals surface area contributed by atoms with Crippen molar-refractivity contribution in [3.63, 3.8) is 0 Å². The Kier molecular flexibility index (Phi) is 6.81. The van der Waals surface area contributed by atoms with Gasteiger partial charge in [-0.05, 0) is 44.2 Å². The number of hydrogen-bond donors (Lipinski definition) is 2. The van der Waals surface area contributed by atoms with E-state index in [9.17, 15) is 4.79 Å². The summed E-state index contributed by atoms with van der Waals surface area (Å²) in [5, 5.41) is 2.88. The van der Waals surface area contributed by atoms with Crippen molar-refractivity contribution in [2.75, 3.05) is 25.9 Å². The third-order valence-corrected chi connectivity index (χ3v) is 3.47. The summed E-state index contributed by atoms with van der Waals surface area (Å²) in [5.41, 5.74) is 7.29. The average molecular weight is 275 g/mol. The number of likely N-dealkylation sites (N-methyl/N-ethyl adjacent to an activating group) is 1. The van der Waals surface area contributed by atoms with Crippen molar-refractivity contribution in [2.24, 2.45) is 0 Å². The second kappa shape index (κ2) is 8.38. The second-order valence-corrected chi connectivity index (χ2v) is 5.03. The predicted octanol–water partition coefficient (Wildman–Crippen LogP) is 2.13. The molecule has 3 N–H and O–H groups in total. The van der Waals surface area contributed by atoms with Crippen LogP contribution in [0.4, 0.5) is 5.69 Å². The maximum absolute atomic E-state index is 11.7. The molecule has 0 saturated heterocycles. The number of amides is 1. The fourth-order valence-corrected chi connectivity index (χ4v) is 1.73. The van der Waals surface area contributed by atoms with Crippen LogP contribution in [0.25, 0.3) is 6.08 Å². The van der Waals surface area contributed by atoms with E-state index in [0.717, 1.165) is 24.2 Å². The number of anilines is 1. The van der Waals surface area contributed by atoms with E-state index >= 15 is 0 Å². The van der Waals surface area contributed by atoms with Gasteiger partial charge in [0, 0.05) is 30.9 Å². The maximum atomic E-state index is 11.7. The van der Waals surface area contributed by atoms with E-state index in [1.54, 1.807) is 12.2 Å². The van der Waals surface area contributed by atoms with Crippen molar-refractivity contribution in [3.05, 3.63) is 35.9 Å². The molecule has 4 heteroatoms. The summed E-state index contributed by atoms with van der Waals surface area (Å²) >= 11 is 0. The van der Waals surface area contributed by atoms with Gasteiger partial charge in [0.2, 0.25) is 5.91 Å². The van der Waals surface area contributed by atoms with E-state index in [2.05, 4.69) is 31.1 Å². The first kappa shape index (κ1) is 16.2. The Hall–Kier alpha value is -1.81. The largest absolute Gasteiger partial charge is 0.399 e. The highest BCUT2D eigenvalue weighted by Crippen LogP contribution is 2.06. The highest BCUT2D eigenvalue weighted by atomic mass is 16.1. The zero-order chi connectivity index (χ0) is 15.0. The number of benzene rings is 1. The Balaban J connectivity index is 2.31. The molecule has 1 aromatic carbocycles. The molecule has 0 radical (unpaired) electrons. The molecular weight excluding hydrogens is 250 g/mol.